The number of likely N-dealkylation sites (tertiary alicyclic amines) is 1. The van der Waals surface area contributed by atoms with Gasteiger partial charge in [0.1, 0.15) is 11.5 Å². The SMILES string of the molecule is CNCC1CCCCN1C(=O)c1ccc(OC)cc1O. The number of phenolic OH excluding ortho intramolecular Hbond substituents is 1. The summed E-state index contributed by atoms with van der Waals surface area (Å²) in [7, 11) is 3.42. The number of piperidine rings is 1. The molecule has 1 fully saturated rings. The molecule has 0 aromatic heterocycles. The van der Waals surface area contributed by atoms with E-state index in [0.29, 0.717) is 11.3 Å². The highest BCUT2D eigenvalue weighted by Gasteiger charge is 2.28. The largest absolute Gasteiger partial charge is 0.507 e. The van der Waals surface area contributed by atoms with E-state index in [1.165, 1.54) is 13.2 Å². The highest BCUT2D eigenvalue weighted by atomic mass is 16.5. The number of hydrogen-bond acceptors (Lipinski definition) is 4. The number of likely N-dealkylation sites (N-methyl/N-ethyl adjacent to an activating group) is 1. The van der Waals surface area contributed by atoms with Gasteiger partial charge in [-0.3, -0.25) is 4.79 Å². The number of rotatable bonds is 4. The molecule has 0 radical (unpaired) electrons. The topological polar surface area (TPSA) is 61.8 Å². The van der Waals surface area contributed by atoms with E-state index < -0.39 is 0 Å². The van der Waals surface area contributed by atoms with Gasteiger partial charge in [0.2, 0.25) is 0 Å². The number of carbonyl (C=O) groups excluding carboxylic acids is 1. The molecule has 0 saturated carbocycles. The van der Waals surface area contributed by atoms with Crippen LogP contribution in [-0.4, -0.2) is 49.2 Å². The number of ether oxygens (including phenoxy) is 1. The van der Waals surface area contributed by atoms with Gasteiger partial charge in [0, 0.05) is 25.2 Å². The van der Waals surface area contributed by atoms with Crippen molar-refractivity contribution in [1.29, 1.82) is 0 Å². The first-order chi connectivity index (χ1) is 9.67. The van der Waals surface area contributed by atoms with Crippen LogP contribution in [0.15, 0.2) is 18.2 Å². The molecule has 5 nitrogen and oxygen atoms in total. The summed E-state index contributed by atoms with van der Waals surface area (Å²) in [5.41, 5.74) is 0.341. The third-order valence-electron chi connectivity index (χ3n) is 3.76. The quantitative estimate of drug-likeness (QED) is 0.878. The molecule has 1 aromatic rings. The molecule has 20 heavy (non-hydrogen) atoms. The van der Waals surface area contributed by atoms with Crippen LogP contribution < -0.4 is 10.1 Å². The van der Waals surface area contributed by atoms with Gasteiger partial charge >= 0.3 is 0 Å². The molecule has 5 heteroatoms. The molecule has 2 rings (SSSR count). The Kier molecular flexibility index (Phi) is 4.84. The lowest BCUT2D eigenvalue weighted by atomic mass is 10.0. The normalized spacial score (nSPS) is 18.9. The average molecular weight is 278 g/mol. The van der Waals surface area contributed by atoms with Crippen LogP contribution in [0.1, 0.15) is 29.6 Å². The van der Waals surface area contributed by atoms with E-state index in [4.69, 9.17) is 4.74 Å². The van der Waals surface area contributed by atoms with Crippen molar-refractivity contribution in [2.45, 2.75) is 25.3 Å². The molecule has 0 spiro atoms. The number of nitrogens with one attached hydrogen (secondary N) is 1. The fraction of sp³-hybridized carbons (Fsp3) is 0.533. The lowest BCUT2D eigenvalue weighted by molar-refractivity contribution is 0.0612. The third kappa shape index (κ3) is 3.04. The minimum Gasteiger partial charge on any atom is -0.507 e. The molecular formula is C15H22N2O3. The third-order valence-corrected chi connectivity index (χ3v) is 3.76. The number of benzene rings is 1. The van der Waals surface area contributed by atoms with Gasteiger partial charge in [0.15, 0.2) is 0 Å². The van der Waals surface area contributed by atoms with E-state index >= 15 is 0 Å². The van der Waals surface area contributed by atoms with E-state index in [1.54, 1.807) is 12.1 Å². The van der Waals surface area contributed by atoms with E-state index in [0.717, 1.165) is 32.4 Å². The Morgan fingerprint density at radius 3 is 2.95 bits per heavy atom. The highest BCUT2D eigenvalue weighted by Crippen LogP contribution is 2.27. The van der Waals surface area contributed by atoms with Crippen molar-refractivity contribution in [3.8, 4) is 11.5 Å². The summed E-state index contributed by atoms with van der Waals surface area (Å²) in [6.45, 7) is 1.53. The van der Waals surface area contributed by atoms with Crippen molar-refractivity contribution in [1.82, 2.24) is 10.2 Å². The summed E-state index contributed by atoms with van der Waals surface area (Å²) in [4.78, 5) is 14.5. The second-order valence-corrected chi connectivity index (χ2v) is 5.09. The van der Waals surface area contributed by atoms with Gasteiger partial charge in [0.25, 0.3) is 5.91 Å². The van der Waals surface area contributed by atoms with Crippen LogP contribution in [-0.2, 0) is 0 Å². The van der Waals surface area contributed by atoms with Gasteiger partial charge in [-0.2, -0.15) is 0 Å². The van der Waals surface area contributed by atoms with Crippen molar-refractivity contribution >= 4 is 5.91 Å². The molecule has 0 bridgehead atoms. The summed E-state index contributed by atoms with van der Waals surface area (Å²) in [5.74, 6) is 0.415. The fourth-order valence-corrected chi connectivity index (χ4v) is 2.69. The zero-order valence-corrected chi connectivity index (χ0v) is 12.1. The van der Waals surface area contributed by atoms with Crippen LogP contribution in [0.25, 0.3) is 0 Å². The maximum Gasteiger partial charge on any atom is 0.257 e. The molecule has 1 amide bonds. The van der Waals surface area contributed by atoms with E-state index in [2.05, 4.69) is 5.32 Å². The van der Waals surface area contributed by atoms with E-state index in [1.807, 2.05) is 11.9 Å². The van der Waals surface area contributed by atoms with Crippen molar-refractivity contribution in [2.24, 2.45) is 0 Å². The van der Waals surface area contributed by atoms with E-state index in [-0.39, 0.29) is 17.7 Å². The number of methoxy groups -OCH3 is 1. The number of aromatic hydroxyl groups is 1. The lowest BCUT2D eigenvalue weighted by Gasteiger charge is -2.36. The molecule has 110 valence electrons. The second kappa shape index (κ2) is 6.61. The molecule has 0 aliphatic carbocycles. The predicted molar refractivity (Wildman–Crippen MR) is 77.3 cm³/mol. The summed E-state index contributed by atoms with van der Waals surface area (Å²) >= 11 is 0. The van der Waals surface area contributed by atoms with Gasteiger partial charge < -0.3 is 20.1 Å². The average Bonchev–Trinajstić information content (AvgIpc) is 2.47. The lowest BCUT2D eigenvalue weighted by Crippen LogP contribution is -2.48. The monoisotopic (exact) mass is 278 g/mol. The molecule has 1 saturated heterocycles. The highest BCUT2D eigenvalue weighted by molar-refractivity contribution is 5.97. The van der Waals surface area contributed by atoms with Gasteiger partial charge in [-0.25, -0.2) is 0 Å². The standard InChI is InChI=1S/C15H22N2O3/c1-16-10-11-5-3-4-8-17(11)15(19)13-7-6-12(20-2)9-14(13)18/h6-7,9,11,16,18H,3-5,8,10H2,1-2H3. The van der Waals surface area contributed by atoms with Gasteiger partial charge in [-0.1, -0.05) is 0 Å². The number of amides is 1. The van der Waals surface area contributed by atoms with Crippen molar-refractivity contribution < 1.29 is 14.6 Å². The summed E-state index contributed by atoms with van der Waals surface area (Å²) in [5, 5.41) is 13.1. The maximum atomic E-state index is 12.6. The number of hydrogen-bond donors (Lipinski definition) is 2. The Balaban J connectivity index is 2.20. The zero-order valence-electron chi connectivity index (χ0n) is 12.1. The van der Waals surface area contributed by atoms with Crippen LogP contribution in [0, 0.1) is 0 Å². The summed E-state index contributed by atoms with van der Waals surface area (Å²) < 4.78 is 5.04. The first-order valence-electron chi connectivity index (χ1n) is 7.00. The molecule has 1 aromatic carbocycles. The van der Waals surface area contributed by atoms with Crippen LogP contribution in [0.3, 0.4) is 0 Å². The van der Waals surface area contributed by atoms with Crippen LogP contribution in [0.5, 0.6) is 11.5 Å². The van der Waals surface area contributed by atoms with Crippen molar-refractivity contribution in [3.63, 3.8) is 0 Å². The van der Waals surface area contributed by atoms with Gasteiger partial charge in [-0.15, -0.1) is 0 Å². The Labute approximate surface area is 119 Å². The smallest absolute Gasteiger partial charge is 0.257 e. The molecule has 1 unspecified atom stereocenters. The fourth-order valence-electron chi connectivity index (χ4n) is 2.69. The van der Waals surface area contributed by atoms with Crippen LogP contribution in [0.4, 0.5) is 0 Å². The van der Waals surface area contributed by atoms with Gasteiger partial charge in [-0.05, 0) is 38.4 Å². The first-order valence-corrected chi connectivity index (χ1v) is 7.00. The number of nitrogens with zero attached hydrogens (tertiary/aromatic N) is 1. The van der Waals surface area contributed by atoms with E-state index in [9.17, 15) is 9.90 Å². The molecule has 1 atom stereocenters. The molecule has 2 N–H and O–H groups in total. The Bertz CT molecular complexity index is 474. The first kappa shape index (κ1) is 14.7. The Morgan fingerprint density at radius 2 is 2.30 bits per heavy atom. The van der Waals surface area contributed by atoms with Crippen molar-refractivity contribution in [2.75, 3.05) is 27.2 Å². The molecule has 1 aliphatic heterocycles. The summed E-state index contributed by atoms with van der Waals surface area (Å²) in [6.07, 6.45) is 3.16. The number of phenols is 1. The van der Waals surface area contributed by atoms with Gasteiger partial charge in [0.05, 0.1) is 12.7 Å². The van der Waals surface area contributed by atoms with Crippen LogP contribution in [0.2, 0.25) is 0 Å². The molecule has 1 heterocycles. The Hall–Kier alpha value is -1.75. The minimum atomic E-state index is -0.106. The summed E-state index contributed by atoms with van der Waals surface area (Å²) in [6, 6.07) is 5.00. The number of carbonyl (C=O) groups is 1. The Morgan fingerprint density at radius 1 is 1.50 bits per heavy atom. The van der Waals surface area contributed by atoms with Crippen LogP contribution >= 0.6 is 0 Å². The molecule has 1 aliphatic rings. The molecular weight excluding hydrogens is 256 g/mol. The zero-order chi connectivity index (χ0) is 14.5. The predicted octanol–water partition coefficient (Wildman–Crippen LogP) is 1.61. The maximum absolute atomic E-state index is 12.6. The minimum absolute atomic E-state index is 0.0249. The second-order valence-electron chi connectivity index (χ2n) is 5.09. The van der Waals surface area contributed by atoms with Crippen molar-refractivity contribution in [3.05, 3.63) is 23.8 Å².